The SMILES string of the molecule is NC1=CC(N)=NC(SCC2=NC=C(c3ccc(F)cc3)C2)N1. The molecule has 1 atom stereocenters. The Balaban J connectivity index is 1.53. The van der Waals surface area contributed by atoms with Gasteiger partial charge >= 0.3 is 0 Å². The van der Waals surface area contributed by atoms with E-state index in [1.54, 1.807) is 30.0 Å². The zero-order valence-corrected chi connectivity index (χ0v) is 12.6. The summed E-state index contributed by atoms with van der Waals surface area (Å²) in [6.45, 7) is 0. The average Bonchev–Trinajstić information content (AvgIpc) is 2.94. The zero-order valence-electron chi connectivity index (χ0n) is 11.8. The van der Waals surface area contributed by atoms with Crippen LogP contribution in [0, 0.1) is 5.82 Å². The van der Waals surface area contributed by atoms with Gasteiger partial charge in [-0.15, -0.1) is 11.8 Å². The summed E-state index contributed by atoms with van der Waals surface area (Å²) in [6.07, 6.45) is 4.19. The Kier molecular flexibility index (Phi) is 4.15. The molecule has 7 heteroatoms. The number of allylic oxidation sites excluding steroid dienone is 1. The van der Waals surface area contributed by atoms with Crippen molar-refractivity contribution in [3.8, 4) is 0 Å². The third-order valence-corrected chi connectivity index (χ3v) is 4.32. The second-order valence-corrected chi connectivity index (χ2v) is 6.06. The van der Waals surface area contributed by atoms with Gasteiger partial charge in [0.15, 0.2) is 5.50 Å². The van der Waals surface area contributed by atoms with E-state index in [9.17, 15) is 4.39 Å². The second kappa shape index (κ2) is 6.23. The van der Waals surface area contributed by atoms with Crippen molar-refractivity contribution in [1.29, 1.82) is 0 Å². The molecular formula is C15H16FN5S. The van der Waals surface area contributed by atoms with Gasteiger partial charge < -0.3 is 16.8 Å². The number of thioether (sulfide) groups is 1. The molecule has 1 aromatic carbocycles. The van der Waals surface area contributed by atoms with Crippen molar-refractivity contribution in [3.63, 3.8) is 0 Å². The van der Waals surface area contributed by atoms with Crippen LogP contribution in [0.3, 0.4) is 0 Å². The van der Waals surface area contributed by atoms with Gasteiger partial charge in [-0.2, -0.15) is 0 Å². The number of halogens is 1. The second-order valence-electron chi connectivity index (χ2n) is 4.99. The summed E-state index contributed by atoms with van der Waals surface area (Å²) < 4.78 is 12.9. The average molecular weight is 317 g/mol. The van der Waals surface area contributed by atoms with Gasteiger partial charge in [-0.25, -0.2) is 9.38 Å². The van der Waals surface area contributed by atoms with E-state index in [0.717, 1.165) is 29.0 Å². The standard InChI is InChI=1S/C15H16FN5S/c16-11-3-1-9(2-4-11)10-5-12(19-7-10)8-22-15-20-13(17)6-14(18)21-15/h1-4,6-7,15,20H,5,8,17H2,(H2,18,21). The van der Waals surface area contributed by atoms with Crippen LogP contribution in [-0.2, 0) is 0 Å². The summed E-state index contributed by atoms with van der Waals surface area (Å²) in [6, 6.07) is 6.46. The van der Waals surface area contributed by atoms with Crippen LogP contribution in [-0.4, -0.2) is 22.8 Å². The van der Waals surface area contributed by atoms with Crippen LogP contribution in [0.4, 0.5) is 4.39 Å². The molecule has 2 aliphatic rings. The lowest BCUT2D eigenvalue weighted by molar-refractivity contribution is 0.627. The Hall–Kier alpha value is -2.28. The Morgan fingerprint density at radius 1 is 1.27 bits per heavy atom. The molecular weight excluding hydrogens is 301 g/mol. The van der Waals surface area contributed by atoms with Gasteiger partial charge in [0.1, 0.15) is 17.5 Å². The van der Waals surface area contributed by atoms with E-state index in [-0.39, 0.29) is 11.3 Å². The van der Waals surface area contributed by atoms with Gasteiger partial charge in [-0.3, -0.25) is 4.99 Å². The Morgan fingerprint density at radius 2 is 2.05 bits per heavy atom. The summed E-state index contributed by atoms with van der Waals surface area (Å²) in [4.78, 5) is 8.68. The number of hydrogen-bond donors (Lipinski definition) is 3. The molecule has 0 saturated heterocycles. The summed E-state index contributed by atoms with van der Waals surface area (Å²) in [5, 5.41) is 3.04. The minimum atomic E-state index is -0.233. The smallest absolute Gasteiger partial charge is 0.170 e. The first-order valence-electron chi connectivity index (χ1n) is 6.79. The van der Waals surface area contributed by atoms with E-state index in [0.29, 0.717) is 11.7 Å². The van der Waals surface area contributed by atoms with Crippen LogP contribution in [0.2, 0.25) is 0 Å². The molecule has 0 radical (unpaired) electrons. The number of rotatable bonds is 4. The molecule has 0 aromatic heterocycles. The van der Waals surface area contributed by atoms with Crippen molar-refractivity contribution < 1.29 is 4.39 Å². The number of amidine groups is 1. The summed E-state index contributed by atoms with van der Waals surface area (Å²) in [5.74, 6) is 1.43. The highest BCUT2D eigenvalue weighted by atomic mass is 32.2. The van der Waals surface area contributed by atoms with Crippen molar-refractivity contribution in [2.45, 2.75) is 11.9 Å². The predicted molar refractivity (Wildman–Crippen MR) is 89.7 cm³/mol. The molecule has 3 rings (SSSR count). The summed E-state index contributed by atoms with van der Waals surface area (Å²) in [7, 11) is 0. The van der Waals surface area contributed by atoms with Crippen molar-refractivity contribution >= 4 is 28.9 Å². The van der Waals surface area contributed by atoms with Gasteiger partial charge in [0.25, 0.3) is 0 Å². The largest absolute Gasteiger partial charge is 0.385 e. The maximum atomic E-state index is 12.9. The van der Waals surface area contributed by atoms with Crippen LogP contribution in [0.1, 0.15) is 12.0 Å². The number of aliphatic imine (C=N–C) groups is 2. The van der Waals surface area contributed by atoms with Crippen LogP contribution < -0.4 is 16.8 Å². The first-order valence-corrected chi connectivity index (χ1v) is 7.84. The summed E-state index contributed by atoms with van der Waals surface area (Å²) >= 11 is 1.58. The highest BCUT2D eigenvalue weighted by Gasteiger charge is 2.17. The van der Waals surface area contributed by atoms with Gasteiger partial charge in [-0.1, -0.05) is 12.1 Å². The molecule has 0 bridgehead atoms. The number of hydrogen-bond acceptors (Lipinski definition) is 6. The Bertz CT molecular complexity index is 690. The monoisotopic (exact) mass is 317 g/mol. The fraction of sp³-hybridized carbons (Fsp3) is 0.200. The molecule has 0 fully saturated rings. The number of benzene rings is 1. The fourth-order valence-corrected chi connectivity index (χ4v) is 3.15. The first kappa shape index (κ1) is 14.6. The van der Waals surface area contributed by atoms with Crippen LogP contribution in [0.5, 0.6) is 0 Å². The molecule has 1 unspecified atom stereocenters. The minimum Gasteiger partial charge on any atom is -0.385 e. The fourth-order valence-electron chi connectivity index (χ4n) is 2.21. The Morgan fingerprint density at radius 3 is 2.77 bits per heavy atom. The van der Waals surface area contributed by atoms with Crippen LogP contribution in [0.15, 0.2) is 52.3 Å². The topological polar surface area (TPSA) is 88.8 Å². The van der Waals surface area contributed by atoms with Gasteiger partial charge in [0.05, 0.1) is 0 Å². The molecule has 2 heterocycles. The van der Waals surface area contributed by atoms with Crippen molar-refractivity contribution in [2.75, 3.05) is 5.75 Å². The van der Waals surface area contributed by atoms with Crippen molar-refractivity contribution in [2.24, 2.45) is 21.5 Å². The molecule has 22 heavy (non-hydrogen) atoms. The third kappa shape index (κ3) is 3.48. The van der Waals surface area contributed by atoms with Gasteiger partial charge in [0.2, 0.25) is 0 Å². The van der Waals surface area contributed by atoms with E-state index in [4.69, 9.17) is 11.5 Å². The Labute approximate surface area is 132 Å². The highest BCUT2D eigenvalue weighted by Crippen LogP contribution is 2.26. The minimum absolute atomic E-state index is 0.192. The molecule has 5 N–H and O–H groups in total. The molecule has 0 amide bonds. The van der Waals surface area contributed by atoms with Crippen LogP contribution in [0.25, 0.3) is 5.57 Å². The molecule has 1 aromatic rings. The lowest BCUT2D eigenvalue weighted by Crippen LogP contribution is -2.35. The molecule has 0 saturated carbocycles. The van der Waals surface area contributed by atoms with Gasteiger partial charge in [0, 0.05) is 30.2 Å². The van der Waals surface area contributed by atoms with E-state index >= 15 is 0 Å². The third-order valence-electron chi connectivity index (χ3n) is 3.28. The highest BCUT2D eigenvalue weighted by molar-refractivity contribution is 8.00. The molecule has 114 valence electrons. The first-order chi connectivity index (χ1) is 10.6. The maximum Gasteiger partial charge on any atom is 0.170 e. The molecule has 5 nitrogen and oxygen atoms in total. The van der Waals surface area contributed by atoms with E-state index in [1.165, 1.54) is 12.1 Å². The lowest BCUT2D eigenvalue weighted by atomic mass is 10.0. The maximum absolute atomic E-state index is 12.9. The summed E-state index contributed by atoms with van der Waals surface area (Å²) in [5.41, 5.74) is 14.3. The lowest BCUT2D eigenvalue weighted by Gasteiger charge is -2.19. The van der Waals surface area contributed by atoms with E-state index < -0.39 is 0 Å². The number of nitrogens with two attached hydrogens (primary N) is 2. The number of nitrogens with one attached hydrogen (secondary N) is 1. The predicted octanol–water partition coefficient (Wildman–Crippen LogP) is 1.79. The molecule has 2 aliphatic heterocycles. The zero-order chi connectivity index (χ0) is 15.5. The molecule has 0 spiro atoms. The van der Waals surface area contributed by atoms with E-state index in [2.05, 4.69) is 15.3 Å². The van der Waals surface area contributed by atoms with Crippen molar-refractivity contribution in [3.05, 3.63) is 53.7 Å². The van der Waals surface area contributed by atoms with Crippen LogP contribution >= 0.6 is 11.8 Å². The van der Waals surface area contributed by atoms with Gasteiger partial charge in [-0.05, 0) is 23.3 Å². The quantitative estimate of drug-likeness (QED) is 0.790. The number of nitrogens with zero attached hydrogens (tertiary/aromatic N) is 2. The molecule has 0 aliphatic carbocycles. The van der Waals surface area contributed by atoms with Crippen molar-refractivity contribution in [1.82, 2.24) is 5.32 Å². The normalized spacial score (nSPS) is 20.7. The van der Waals surface area contributed by atoms with E-state index in [1.807, 2.05) is 6.20 Å².